The lowest BCUT2D eigenvalue weighted by molar-refractivity contribution is 0.0824. The summed E-state index contributed by atoms with van der Waals surface area (Å²) in [6.45, 7) is 8.13. The SMILES string of the molecule is CCNc1cc(C(=O)N[C@@H](Cc2ccccc2)[C@@H](O)CNC2CCC(C)(C)C2)cc(N2CCCCS2(O)O)c1.Cl. The third-order valence-corrected chi connectivity index (χ3v) is 9.83. The summed E-state index contributed by atoms with van der Waals surface area (Å²) >= 11 is 0. The minimum Gasteiger partial charge on any atom is -0.390 e. The van der Waals surface area contributed by atoms with E-state index >= 15 is 0 Å². The second-order valence-electron chi connectivity index (χ2n) is 11.8. The van der Waals surface area contributed by atoms with E-state index in [4.69, 9.17) is 0 Å². The number of hydrogen-bond acceptors (Lipinski definition) is 7. The van der Waals surface area contributed by atoms with Crippen LogP contribution in [0.3, 0.4) is 0 Å². The zero-order valence-corrected chi connectivity index (χ0v) is 25.6. The topological polar surface area (TPSA) is 117 Å². The molecule has 2 aromatic rings. The fraction of sp³-hybridized carbons (Fsp3) is 0.567. The maximum Gasteiger partial charge on any atom is 0.251 e. The van der Waals surface area contributed by atoms with Gasteiger partial charge in [-0.15, -0.1) is 23.2 Å². The molecule has 1 aliphatic carbocycles. The first-order valence-corrected chi connectivity index (χ1v) is 15.9. The molecule has 0 radical (unpaired) electrons. The number of benzene rings is 2. The van der Waals surface area contributed by atoms with Gasteiger partial charge in [-0.1, -0.05) is 44.2 Å². The number of nitrogens with zero attached hydrogens (tertiary/aromatic N) is 1. The standard InChI is InChI=1S/C30H46N4O4S.ClH/c1-4-31-25-17-23(18-26(19-25)34-14-8-9-15-39(34,37)38)29(36)33-27(16-22-10-6-5-7-11-22)28(35)21-32-24-12-13-30(2,3)20-24;/h5-7,10-11,17-19,24,27-28,31-32,35,37-38H,4,8-9,12-16,20-21H2,1-3H3,(H,33,36);1H/t24?,27-,28-;/m0./s1. The fourth-order valence-corrected chi connectivity index (χ4v) is 7.42. The van der Waals surface area contributed by atoms with E-state index < -0.39 is 22.9 Å². The number of aliphatic hydroxyl groups excluding tert-OH is 1. The van der Waals surface area contributed by atoms with Crippen LogP contribution in [-0.2, 0) is 6.42 Å². The quantitative estimate of drug-likeness (QED) is 0.198. The Labute approximate surface area is 247 Å². The highest BCUT2D eigenvalue weighted by Gasteiger charge is 2.32. The second-order valence-corrected chi connectivity index (χ2v) is 13.9. The van der Waals surface area contributed by atoms with Gasteiger partial charge in [0.25, 0.3) is 5.91 Å². The third kappa shape index (κ3) is 8.74. The van der Waals surface area contributed by atoms with Crippen molar-refractivity contribution in [2.75, 3.05) is 35.0 Å². The Balaban J connectivity index is 0.00000441. The first kappa shape index (κ1) is 32.5. The molecule has 1 heterocycles. The molecule has 40 heavy (non-hydrogen) atoms. The number of halogens is 1. The van der Waals surface area contributed by atoms with Crippen LogP contribution in [0.2, 0.25) is 0 Å². The highest BCUT2D eigenvalue weighted by Crippen LogP contribution is 2.50. The molecule has 2 aliphatic rings. The van der Waals surface area contributed by atoms with Crippen molar-refractivity contribution < 1.29 is 19.0 Å². The molecule has 1 saturated heterocycles. The van der Waals surface area contributed by atoms with E-state index in [0.29, 0.717) is 54.5 Å². The molecule has 10 heteroatoms. The van der Waals surface area contributed by atoms with Crippen LogP contribution in [0.4, 0.5) is 11.4 Å². The van der Waals surface area contributed by atoms with E-state index in [1.54, 1.807) is 16.4 Å². The molecule has 2 fully saturated rings. The summed E-state index contributed by atoms with van der Waals surface area (Å²) in [6, 6.07) is 15.1. The molecular weight excluding hydrogens is 548 g/mol. The van der Waals surface area contributed by atoms with Crippen LogP contribution in [0.15, 0.2) is 48.5 Å². The molecule has 1 amide bonds. The molecule has 4 rings (SSSR count). The van der Waals surface area contributed by atoms with E-state index in [9.17, 15) is 19.0 Å². The van der Waals surface area contributed by atoms with Gasteiger partial charge in [-0.2, -0.15) is 0 Å². The van der Waals surface area contributed by atoms with Crippen molar-refractivity contribution in [3.05, 3.63) is 59.7 Å². The summed E-state index contributed by atoms with van der Waals surface area (Å²) in [7, 11) is -2.93. The van der Waals surface area contributed by atoms with Crippen LogP contribution in [0.25, 0.3) is 0 Å². The molecule has 0 spiro atoms. The first-order chi connectivity index (χ1) is 18.6. The lowest BCUT2D eigenvalue weighted by Crippen LogP contribution is -2.50. The predicted molar refractivity (Wildman–Crippen MR) is 169 cm³/mol. The van der Waals surface area contributed by atoms with Crippen LogP contribution in [0.5, 0.6) is 0 Å². The Morgan fingerprint density at radius 1 is 1.15 bits per heavy atom. The largest absolute Gasteiger partial charge is 0.390 e. The summed E-state index contributed by atoms with van der Waals surface area (Å²) in [6.07, 6.45) is 4.68. The van der Waals surface area contributed by atoms with Crippen LogP contribution in [-0.4, -0.2) is 63.7 Å². The van der Waals surface area contributed by atoms with E-state index in [0.717, 1.165) is 43.4 Å². The molecule has 3 atom stereocenters. The Kier molecular flexibility index (Phi) is 11.6. The van der Waals surface area contributed by atoms with Gasteiger partial charge in [0.1, 0.15) is 0 Å². The zero-order valence-electron chi connectivity index (χ0n) is 23.9. The van der Waals surface area contributed by atoms with Crippen molar-refractivity contribution in [2.45, 2.75) is 77.5 Å². The Bertz CT molecular complexity index is 1100. The minimum absolute atomic E-state index is 0. The Hall–Kier alpha value is -2.01. The monoisotopic (exact) mass is 594 g/mol. The Morgan fingerprint density at radius 2 is 1.90 bits per heavy atom. The number of rotatable bonds is 11. The number of carbonyl (C=O) groups excluding carboxylic acids is 1. The molecule has 1 unspecified atom stereocenters. The molecule has 0 aromatic heterocycles. The highest BCUT2D eigenvalue weighted by molar-refractivity contribution is 8.25. The zero-order chi connectivity index (χ0) is 28.0. The second kappa shape index (κ2) is 14.2. The summed E-state index contributed by atoms with van der Waals surface area (Å²) in [5, 5.41) is 21.2. The molecule has 6 N–H and O–H groups in total. The maximum absolute atomic E-state index is 13.6. The molecule has 2 aromatic carbocycles. The van der Waals surface area contributed by atoms with Gasteiger partial charge in [0, 0.05) is 36.9 Å². The minimum atomic E-state index is -2.93. The average Bonchev–Trinajstić information content (AvgIpc) is 3.25. The molecule has 0 bridgehead atoms. The number of anilines is 2. The van der Waals surface area contributed by atoms with E-state index in [2.05, 4.69) is 29.8 Å². The van der Waals surface area contributed by atoms with Crippen molar-refractivity contribution in [2.24, 2.45) is 5.41 Å². The van der Waals surface area contributed by atoms with Gasteiger partial charge in [-0.3, -0.25) is 18.2 Å². The van der Waals surface area contributed by atoms with Gasteiger partial charge in [0.05, 0.1) is 23.6 Å². The number of nitrogens with one attached hydrogen (secondary N) is 3. The summed E-state index contributed by atoms with van der Waals surface area (Å²) in [5.74, 6) is 0.0303. The van der Waals surface area contributed by atoms with Crippen molar-refractivity contribution in [1.82, 2.24) is 10.6 Å². The van der Waals surface area contributed by atoms with Crippen LogP contribution >= 0.6 is 23.2 Å². The van der Waals surface area contributed by atoms with E-state index in [1.165, 1.54) is 0 Å². The van der Waals surface area contributed by atoms with Gasteiger partial charge in [-0.25, -0.2) is 0 Å². The molecule has 8 nitrogen and oxygen atoms in total. The van der Waals surface area contributed by atoms with E-state index in [1.807, 2.05) is 43.3 Å². The number of hydrogen-bond donors (Lipinski definition) is 6. The van der Waals surface area contributed by atoms with Crippen LogP contribution < -0.4 is 20.3 Å². The van der Waals surface area contributed by atoms with Gasteiger partial charge >= 0.3 is 0 Å². The van der Waals surface area contributed by atoms with Crippen molar-refractivity contribution in [1.29, 1.82) is 0 Å². The molecular formula is C30H47ClN4O4S. The third-order valence-electron chi connectivity index (χ3n) is 7.89. The van der Waals surface area contributed by atoms with Crippen LogP contribution in [0.1, 0.15) is 68.8 Å². The van der Waals surface area contributed by atoms with Crippen molar-refractivity contribution in [3.63, 3.8) is 0 Å². The lowest BCUT2D eigenvalue weighted by atomic mass is 9.92. The highest BCUT2D eigenvalue weighted by atomic mass is 35.5. The predicted octanol–water partition coefficient (Wildman–Crippen LogP) is 5.68. The molecule has 1 saturated carbocycles. The molecule has 1 aliphatic heterocycles. The van der Waals surface area contributed by atoms with Gasteiger partial charge < -0.3 is 21.1 Å². The normalized spacial score (nSPS) is 22.1. The van der Waals surface area contributed by atoms with E-state index in [-0.39, 0.29) is 18.3 Å². The van der Waals surface area contributed by atoms with Gasteiger partial charge in [0.15, 0.2) is 0 Å². The lowest BCUT2D eigenvalue weighted by Gasteiger charge is -2.47. The van der Waals surface area contributed by atoms with Crippen molar-refractivity contribution in [3.8, 4) is 0 Å². The Morgan fingerprint density at radius 3 is 2.55 bits per heavy atom. The average molecular weight is 595 g/mol. The number of amides is 1. The molecule has 224 valence electrons. The van der Waals surface area contributed by atoms with Crippen LogP contribution in [0, 0.1) is 5.41 Å². The first-order valence-electron chi connectivity index (χ1n) is 14.2. The summed E-state index contributed by atoms with van der Waals surface area (Å²) < 4.78 is 23.0. The maximum atomic E-state index is 13.6. The smallest absolute Gasteiger partial charge is 0.251 e. The fourth-order valence-electron chi connectivity index (χ4n) is 5.74. The van der Waals surface area contributed by atoms with Gasteiger partial charge in [0.2, 0.25) is 0 Å². The summed E-state index contributed by atoms with van der Waals surface area (Å²) in [5.41, 5.74) is 3.12. The van der Waals surface area contributed by atoms with Gasteiger partial charge in [-0.05, 0) is 74.6 Å². The number of aliphatic hydroxyl groups is 1. The van der Waals surface area contributed by atoms with Crippen molar-refractivity contribution >= 4 is 40.5 Å². The summed E-state index contributed by atoms with van der Waals surface area (Å²) in [4.78, 5) is 13.6. The number of carbonyl (C=O) groups is 1.